The zero-order chi connectivity index (χ0) is 20.5. The molecule has 162 valence electrons. The van der Waals surface area contributed by atoms with Crippen LogP contribution in [-0.2, 0) is 16.1 Å². The fourth-order valence-electron chi connectivity index (χ4n) is 3.44. The number of piperidine rings is 1. The van der Waals surface area contributed by atoms with Gasteiger partial charge in [0, 0.05) is 31.2 Å². The van der Waals surface area contributed by atoms with Crippen LogP contribution in [0.2, 0.25) is 0 Å². The molecule has 0 unspecified atom stereocenters. The number of halogens is 1. The summed E-state index contributed by atoms with van der Waals surface area (Å²) >= 11 is 0. The van der Waals surface area contributed by atoms with E-state index in [1.807, 2.05) is 54.6 Å². The van der Waals surface area contributed by atoms with Crippen LogP contribution in [0.3, 0.4) is 0 Å². The van der Waals surface area contributed by atoms with E-state index in [2.05, 4.69) is 17.6 Å². The number of hydrogen-bond donors (Lipinski definition) is 2. The summed E-state index contributed by atoms with van der Waals surface area (Å²) in [5.74, 6) is 0.595. The molecule has 1 fully saturated rings. The van der Waals surface area contributed by atoms with Gasteiger partial charge in [0.05, 0.1) is 0 Å². The Hall–Kier alpha value is -2.57. The number of ether oxygens (including phenoxy) is 1. The second kappa shape index (κ2) is 12.2. The minimum absolute atomic E-state index is 0. The Morgan fingerprint density at radius 2 is 1.70 bits per heavy atom. The van der Waals surface area contributed by atoms with Crippen LogP contribution in [0.4, 0.5) is 5.69 Å². The Kier molecular flexibility index (Phi) is 9.64. The van der Waals surface area contributed by atoms with Crippen molar-refractivity contribution in [1.82, 2.24) is 10.2 Å². The van der Waals surface area contributed by atoms with Gasteiger partial charge in [-0.05, 0) is 43.1 Å². The highest BCUT2D eigenvalue weighted by Gasteiger charge is 2.27. The number of benzene rings is 2. The van der Waals surface area contributed by atoms with Gasteiger partial charge in [-0.2, -0.15) is 0 Å². The first-order chi connectivity index (χ1) is 14.2. The Morgan fingerprint density at radius 1 is 1.03 bits per heavy atom. The van der Waals surface area contributed by atoms with E-state index in [4.69, 9.17) is 4.74 Å². The van der Waals surface area contributed by atoms with Gasteiger partial charge in [0.15, 0.2) is 6.61 Å². The van der Waals surface area contributed by atoms with Crippen molar-refractivity contribution >= 4 is 29.9 Å². The van der Waals surface area contributed by atoms with Gasteiger partial charge < -0.3 is 20.3 Å². The summed E-state index contributed by atoms with van der Waals surface area (Å²) in [6.07, 6.45) is 1.33. The molecule has 30 heavy (non-hydrogen) atoms. The van der Waals surface area contributed by atoms with E-state index in [0.29, 0.717) is 31.7 Å². The van der Waals surface area contributed by atoms with Crippen molar-refractivity contribution in [3.05, 3.63) is 60.2 Å². The minimum atomic E-state index is -0.0821. The molecule has 0 bridgehead atoms. The average Bonchev–Trinajstić information content (AvgIpc) is 2.77. The first kappa shape index (κ1) is 23.7. The average molecular weight is 432 g/mol. The van der Waals surface area contributed by atoms with E-state index in [1.165, 1.54) is 0 Å². The monoisotopic (exact) mass is 431 g/mol. The van der Waals surface area contributed by atoms with Crippen LogP contribution < -0.4 is 15.4 Å². The number of nitrogens with one attached hydrogen (secondary N) is 2. The lowest BCUT2D eigenvalue weighted by atomic mass is 9.95. The number of hydrogen-bond acceptors (Lipinski definition) is 4. The van der Waals surface area contributed by atoms with Gasteiger partial charge >= 0.3 is 0 Å². The maximum Gasteiger partial charge on any atom is 0.260 e. The van der Waals surface area contributed by atoms with Crippen molar-refractivity contribution < 1.29 is 14.3 Å². The zero-order valence-corrected chi connectivity index (χ0v) is 18.1. The summed E-state index contributed by atoms with van der Waals surface area (Å²) in [4.78, 5) is 26.9. The maximum absolute atomic E-state index is 12.7. The van der Waals surface area contributed by atoms with Crippen LogP contribution in [-0.4, -0.2) is 43.0 Å². The molecule has 0 aliphatic carbocycles. The molecule has 2 aromatic rings. The van der Waals surface area contributed by atoms with E-state index in [-0.39, 0.29) is 36.7 Å². The first-order valence-corrected chi connectivity index (χ1v) is 10.2. The summed E-state index contributed by atoms with van der Waals surface area (Å²) in [6.45, 7) is 4.84. The van der Waals surface area contributed by atoms with Crippen LogP contribution in [0, 0.1) is 5.92 Å². The molecule has 0 saturated carbocycles. The highest BCUT2D eigenvalue weighted by atomic mass is 35.5. The van der Waals surface area contributed by atoms with Gasteiger partial charge in [0.25, 0.3) is 5.91 Å². The predicted molar refractivity (Wildman–Crippen MR) is 121 cm³/mol. The number of nitrogens with zero attached hydrogens (tertiary/aromatic N) is 1. The van der Waals surface area contributed by atoms with E-state index < -0.39 is 0 Å². The third-order valence-electron chi connectivity index (χ3n) is 5.16. The number of likely N-dealkylation sites (tertiary alicyclic amines) is 1. The predicted octanol–water partition coefficient (Wildman–Crippen LogP) is 3.47. The largest absolute Gasteiger partial charge is 0.484 e. The summed E-state index contributed by atoms with van der Waals surface area (Å²) in [5.41, 5.74) is 1.93. The van der Waals surface area contributed by atoms with Crippen molar-refractivity contribution in [1.29, 1.82) is 0 Å². The maximum atomic E-state index is 12.7. The highest BCUT2D eigenvalue weighted by molar-refractivity contribution is 5.93. The molecule has 3 rings (SSSR count). The molecule has 0 aromatic heterocycles. The second-order valence-electron chi connectivity index (χ2n) is 7.18. The molecule has 0 radical (unpaired) electrons. The van der Waals surface area contributed by atoms with Gasteiger partial charge in [-0.1, -0.05) is 43.3 Å². The summed E-state index contributed by atoms with van der Waals surface area (Å²) in [5, 5.41) is 6.37. The molecule has 2 amide bonds. The van der Waals surface area contributed by atoms with E-state index >= 15 is 0 Å². The van der Waals surface area contributed by atoms with E-state index in [1.54, 1.807) is 4.90 Å². The van der Waals surface area contributed by atoms with Gasteiger partial charge in [-0.3, -0.25) is 9.59 Å². The number of para-hydroxylation sites is 2. The fourth-order valence-corrected chi connectivity index (χ4v) is 3.44. The molecule has 1 aliphatic rings. The van der Waals surface area contributed by atoms with Crippen molar-refractivity contribution in [3.8, 4) is 5.75 Å². The topological polar surface area (TPSA) is 70.7 Å². The number of carbonyl (C=O) groups excluding carboxylic acids is 2. The lowest BCUT2D eigenvalue weighted by Gasteiger charge is -2.31. The Morgan fingerprint density at radius 3 is 2.40 bits per heavy atom. The third-order valence-corrected chi connectivity index (χ3v) is 5.16. The molecular weight excluding hydrogens is 402 g/mol. The molecule has 2 aromatic carbocycles. The van der Waals surface area contributed by atoms with Gasteiger partial charge in [-0.25, -0.2) is 0 Å². The van der Waals surface area contributed by atoms with Crippen LogP contribution in [0.15, 0.2) is 54.6 Å². The van der Waals surface area contributed by atoms with Crippen LogP contribution in [0.25, 0.3) is 0 Å². The number of rotatable bonds is 8. The minimum Gasteiger partial charge on any atom is -0.484 e. The van der Waals surface area contributed by atoms with E-state index in [9.17, 15) is 9.59 Å². The van der Waals surface area contributed by atoms with Gasteiger partial charge in [0.1, 0.15) is 5.75 Å². The van der Waals surface area contributed by atoms with Gasteiger partial charge in [0.2, 0.25) is 5.91 Å². The fraction of sp³-hybridized carbons (Fsp3) is 0.391. The lowest BCUT2D eigenvalue weighted by Crippen LogP contribution is -2.43. The summed E-state index contributed by atoms with van der Waals surface area (Å²) < 4.78 is 5.54. The molecule has 1 heterocycles. The normalized spacial score (nSPS) is 14.0. The Balaban J connectivity index is 0.00000320. The molecule has 0 atom stereocenters. The first-order valence-electron chi connectivity index (χ1n) is 10.2. The van der Waals surface area contributed by atoms with Crippen molar-refractivity contribution in [2.45, 2.75) is 26.3 Å². The van der Waals surface area contributed by atoms with Crippen molar-refractivity contribution in [3.63, 3.8) is 0 Å². The molecular formula is C23H30ClN3O3. The smallest absolute Gasteiger partial charge is 0.260 e. The van der Waals surface area contributed by atoms with Crippen molar-refractivity contribution in [2.75, 3.05) is 31.6 Å². The molecule has 6 nitrogen and oxygen atoms in total. The standard InChI is InChI=1S/C23H29N3O3.ClH/c1-2-24-16-19-8-6-7-11-21(19)25-23(28)18-12-14-26(15-13-18)22(27)17-29-20-9-4-3-5-10-20;/h3-11,18,24H,2,12-17H2,1H3,(H,25,28);1H. The quantitative estimate of drug-likeness (QED) is 0.671. The molecule has 1 aliphatic heterocycles. The SMILES string of the molecule is CCNCc1ccccc1NC(=O)C1CCN(C(=O)COc2ccccc2)CC1.Cl. The number of anilines is 1. The molecule has 7 heteroatoms. The zero-order valence-electron chi connectivity index (χ0n) is 17.3. The lowest BCUT2D eigenvalue weighted by molar-refractivity contribution is -0.136. The Bertz CT molecular complexity index is 808. The van der Waals surface area contributed by atoms with Crippen molar-refractivity contribution in [2.24, 2.45) is 5.92 Å². The van der Waals surface area contributed by atoms with Crippen LogP contribution in [0.5, 0.6) is 5.75 Å². The van der Waals surface area contributed by atoms with Crippen LogP contribution >= 0.6 is 12.4 Å². The molecule has 2 N–H and O–H groups in total. The molecule has 0 spiro atoms. The molecule has 1 saturated heterocycles. The van der Waals surface area contributed by atoms with Crippen LogP contribution in [0.1, 0.15) is 25.3 Å². The summed E-state index contributed by atoms with van der Waals surface area (Å²) in [6, 6.07) is 17.2. The number of carbonyl (C=O) groups is 2. The van der Waals surface area contributed by atoms with Gasteiger partial charge in [-0.15, -0.1) is 12.4 Å². The summed E-state index contributed by atoms with van der Waals surface area (Å²) in [7, 11) is 0. The van der Waals surface area contributed by atoms with E-state index in [0.717, 1.165) is 24.3 Å². The highest BCUT2D eigenvalue weighted by Crippen LogP contribution is 2.22. The third kappa shape index (κ3) is 6.75. The number of amides is 2. The second-order valence-corrected chi connectivity index (χ2v) is 7.18. The Labute approximate surface area is 184 Å².